The summed E-state index contributed by atoms with van der Waals surface area (Å²) < 4.78 is 76.8. The SMILES string of the molecule is NN1CCN(CC(F)(F)F)C1=O.O=C(Oc1ccccc1)N(CCCl)CC(F)(F)F. The summed E-state index contributed by atoms with van der Waals surface area (Å²) in [7, 11) is 0. The second kappa shape index (κ2) is 11.1. The van der Waals surface area contributed by atoms with Crippen LogP contribution < -0.4 is 10.6 Å². The van der Waals surface area contributed by atoms with Gasteiger partial charge in [0.1, 0.15) is 18.8 Å². The number of hydrazine groups is 1. The zero-order valence-electron chi connectivity index (χ0n) is 15.4. The maximum atomic E-state index is 12.2. The largest absolute Gasteiger partial charge is 0.415 e. The van der Waals surface area contributed by atoms with Gasteiger partial charge in [-0.2, -0.15) is 26.3 Å². The van der Waals surface area contributed by atoms with Gasteiger partial charge in [-0.1, -0.05) is 18.2 Å². The van der Waals surface area contributed by atoms with Crippen LogP contribution in [0.3, 0.4) is 0 Å². The van der Waals surface area contributed by atoms with Crippen molar-refractivity contribution in [3.05, 3.63) is 30.3 Å². The monoisotopic (exact) mass is 464 g/mol. The van der Waals surface area contributed by atoms with Crippen LogP contribution in [0.25, 0.3) is 0 Å². The Morgan fingerprint density at radius 1 is 1.10 bits per heavy atom. The van der Waals surface area contributed by atoms with Gasteiger partial charge in [0.25, 0.3) is 0 Å². The first kappa shape index (κ1) is 25.6. The van der Waals surface area contributed by atoms with E-state index in [-0.39, 0.29) is 31.3 Å². The van der Waals surface area contributed by atoms with Crippen molar-refractivity contribution < 1.29 is 40.7 Å². The molecule has 0 atom stereocenters. The van der Waals surface area contributed by atoms with E-state index in [0.717, 1.165) is 5.01 Å². The molecule has 0 aliphatic carbocycles. The molecule has 0 unspecified atom stereocenters. The Morgan fingerprint density at radius 2 is 1.70 bits per heavy atom. The van der Waals surface area contributed by atoms with Crippen molar-refractivity contribution in [1.29, 1.82) is 0 Å². The molecule has 2 rings (SSSR count). The molecule has 14 heteroatoms. The van der Waals surface area contributed by atoms with Gasteiger partial charge < -0.3 is 9.64 Å². The molecule has 1 aromatic carbocycles. The predicted molar refractivity (Wildman–Crippen MR) is 94.7 cm³/mol. The second-order valence-corrected chi connectivity index (χ2v) is 6.30. The minimum atomic E-state index is -4.48. The summed E-state index contributed by atoms with van der Waals surface area (Å²) in [6, 6.07) is 7.10. The zero-order valence-corrected chi connectivity index (χ0v) is 16.2. The number of hydrogen-bond acceptors (Lipinski definition) is 4. The molecule has 3 amide bonds. The van der Waals surface area contributed by atoms with Crippen molar-refractivity contribution in [3.8, 4) is 5.75 Å². The van der Waals surface area contributed by atoms with Crippen LogP contribution in [0.2, 0.25) is 0 Å². The summed E-state index contributed by atoms with van der Waals surface area (Å²) in [6.45, 7) is -2.65. The summed E-state index contributed by atoms with van der Waals surface area (Å²) in [4.78, 5) is 23.5. The van der Waals surface area contributed by atoms with Gasteiger partial charge >= 0.3 is 24.5 Å². The molecule has 2 N–H and O–H groups in total. The van der Waals surface area contributed by atoms with Crippen molar-refractivity contribution in [2.75, 3.05) is 38.6 Å². The lowest BCUT2D eigenvalue weighted by Crippen LogP contribution is -2.41. The molecule has 1 fully saturated rings. The number of urea groups is 1. The first-order valence-electron chi connectivity index (χ1n) is 8.35. The number of amides is 3. The van der Waals surface area contributed by atoms with E-state index in [2.05, 4.69) is 0 Å². The van der Waals surface area contributed by atoms with E-state index in [9.17, 15) is 35.9 Å². The lowest BCUT2D eigenvalue weighted by molar-refractivity contribution is -0.141. The molecule has 0 aromatic heterocycles. The van der Waals surface area contributed by atoms with Crippen molar-refractivity contribution >= 4 is 23.7 Å². The molecule has 1 aliphatic heterocycles. The average Bonchev–Trinajstić information content (AvgIpc) is 2.92. The van der Waals surface area contributed by atoms with Crippen LogP contribution in [0.4, 0.5) is 35.9 Å². The summed E-state index contributed by atoms with van der Waals surface area (Å²) in [5.74, 6) is 5.15. The van der Waals surface area contributed by atoms with Gasteiger partial charge in [-0.15, -0.1) is 11.6 Å². The van der Waals surface area contributed by atoms with E-state index in [4.69, 9.17) is 22.2 Å². The zero-order chi connectivity index (χ0) is 22.9. The van der Waals surface area contributed by atoms with Crippen molar-refractivity contribution in [1.82, 2.24) is 14.8 Å². The number of carbonyl (C=O) groups excluding carboxylic acids is 2. The first-order valence-corrected chi connectivity index (χ1v) is 8.88. The highest BCUT2D eigenvalue weighted by Crippen LogP contribution is 2.19. The molecule has 30 heavy (non-hydrogen) atoms. The van der Waals surface area contributed by atoms with Crippen LogP contribution in [0, 0.1) is 0 Å². The molecule has 7 nitrogen and oxygen atoms in total. The number of rotatable bonds is 5. The maximum Gasteiger partial charge on any atom is 0.415 e. The van der Waals surface area contributed by atoms with Gasteiger partial charge in [-0.05, 0) is 12.1 Å². The molecule has 0 saturated carbocycles. The molecular weight excluding hydrogens is 446 g/mol. The highest BCUT2D eigenvalue weighted by atomic mass is 35.5. The maximum absolute atomic E-state index is 12.2. The van der Waals surface area contributed by atoms with Crippen LogP contribution in [0.15, 0.2) is 30.3 Å². The highest BCUT2D eigenvalue weighted by Gasteiger charge is 2.37. The lowest BCUT2D eigenvalue weighted by atomic mass is 10.3. The molecule has 0 spiro atoms. The Morgan fingerprint density at radius 3 is 2.13 bits per heavy atom. The van der Waals surface area contributed by atoms with Crippen molar-refractivity contribution in [2.45, 2.75) is 12.4 Å². The minimum Gasteiger partial charge on any atom is -0.410 e. The van der Waals surface area contributed by atoms with Gasteiger partial charge in [0.2, 0.25) is 0 Å². The van der Waals surface area contributed by atoms with E-state index in [1.54, 1.807) is 18.2 Å². The fourth-order valence-corrected chi connectivity index (χ4v) is 2.38. The minimum absolute atomic E-state index is 0.0366. The summed E-state index contributed by atoms with van der Waals surface area (Å²) in [6.07, 6.45) is -9.90. The van der Waals surface area contributed by atoms with Gasteiger partial charge in [0.15, 0.2) is 0 Å². The summed E-state index contributed by atoms with van der Waals surface area (Å²) in [5, 5.41) is 0.770. The fraction of sp³-hybridized carbons (Fsp3) is 0.500. The molecule has 1 aromatic rings. The first-order chi connectivity index (χ1) is 13.8. The quantitative estimate of drug-likeness (QED) is 0.313. The number of nitrogens with zero attached hydrogens (tertiary/aromatic N) is 3. The van der Waals surface area contributed by atoms with E-state index in [0.29, 0.717) is 9.80 Å². The van der Waals surface area contributed by atoms with Crippen LogP contribution >= 0.6 is 11.6 Å². The molecule has 1 heterocycles. The average molecular weight is 465 g/mol. The summed E-state index contributed by atoms with van der Waals surface area (Å²) in [5.41, 5.74) is 0. The Balaban J connectivity index is 0.000000325. The third-order valence-corrected chi connectivity index (χ3v) is 3.60. The van der Waals surface area contributed by atoms with E-state index >= 15 is 0 Å². The molecular formula is C16H19ClF6N4O3. The van der Waals surface area contributed by atoms with Crippen LogP contribution in [0.1, 0.15) is 0 Å². The number of alkyl halides is 7. The molecule has 0 radical (unpaired) electrons. The van der Waals surface area contributed by atoms with Crippen molar-refractivity contribution in [3.63, 3.8) is 0 Å². The van der Waals surface area contributed by atoms with Crippen LogP contribution in [-0.4, -0.2) is 77.9 Å². The fourth-order valence-electron chi connectivity index (χ4n) is 2.17. The molecule has 170 valence electrons. The van der Waals surface area contributed by atoms with E-state index in [1.807, 2.05) is 0 Å². The van der Waals surface area contributed by atoms with Gasteiger partial charge in [-0.3, -0.25) is 9.91 Å². The van der Waals surface area contributed by atoms with E-state index in [1.165, 1.54) is 12.1 Å². The lowest BCUT2D eigenvalue weighted by Gasteiger charge is -2.22. The Hall–Kier alpha value is -2.41. The van der Waals surface area contributed by atoms with Gasteiger partial charge in [0, 0.05) is 19.0 Å². The number of ether oxygens (including phenoxy) is 1. The highest BCUT2D eigenvalue weighted by molar-refractivity contribution is 6.18. The van der Waals surface area contributed by atoms with Gasteiger partial charge in [-0.25, -0.2) is 15.4 Å². The third kappa shape index (κ3) is 9.87. The number of benzene rings is 1. The Labute approximate surface area is 172 Å². The predicted octanol–water partition coefficient (Wildman–Crippen LogP) is 3.45. The Kier molecular flexibility index (Phi) is 9.49. The molecule has 0 bridgehead atoms. The number of halogens is 7. The van der Waals surface area contributed by atoms with Crippen molar-refractivity contribution in [2.24, 2.45) is 5.84 Å². The second-order valence-electron chi connectivity index (χ2n) is 5.92. The topological polar surface area (TPSA) is 79.1 Å². The van der Waals surface area contributed by atoms with Crippen LogP contribution in [0.5, 0.6) is 5.75 Å². The normalized spacial score (nSPS) is 14.3. The number of nitrogens with two attached hydrogens (primary N) is 1. The number of hydrogen-bond donors (Lipinski definition) is 1. The number of para-hydroxylation sites is 1. The smallest absolute Gasteiger partial charge is 0.410 e. The molecule has 1 saturated heterocycles. The van der Waals surface area contributed by atoms with Crippen LogP contribution in [-0.2, 0) is 0 Å². The molecule has 1 aliphatic rings. The standard InChI is InChI=1S/C11H11ClF3NO2.C5H8F3N3O/c12-6-7-16(8-11(13,14)15)10(17)18-9-4-2-1-3-5-9;6-5(7,8)3-10-1-2-11(9)4(10)12/h1-5H,6-8H2;1-3,9H2. The Bertz CT molecular complexity index is 690. The number of carbonyl (C=O) groups is 2. The van der Waals surface area contributed by atoms with E-state index < -0.39 is 37.6 Å². The van der Waals surface area contributed by atoms with Gasteiger partial charge in [0.05, 0.1) is 6.54 Å². The summed E-state index contributed by atoms with van der Waals surface area (Å²) >= 11 is 5.36. The third-order valence-electron chi connectivity index (χ3n) is 3.43.